The van der Waals surface area contributed by atoms with Gasteiger partial charge in [0.05, 0.1) is 11.5 Å². The predicted molar refractivity (Wildman–Crippen MR) is 74.8 cm³/mol. The SMILES string of the molecule is CCCNCc1cc(S(=O)(=O)NCCOCC(F)F)c[nH]1. The molecule has 0 saturated carbocycles. The van der Waals surface area contributed by atoms with E-state index in [1.165, 1.54) is 12.3 Å². The molecule has 9 heteroatoms. The quantitative estimate of drug-likeness (QED) is 0.532. The van der Waals surface area contributed by atoms with E-state index < -0.39 is 23.1 Å². The summed E-state index contributed by atoms with van der Waals surface area (Å²) in [6.45, 7) is 2.60. The van der Waals surface area contributed by atoms with E-state index in [0.29, 0.717) is 6.54 Å². The third kappa shape index (κ3) is 6.98. The Bertz CT molecular complexity index is 506. The van der Waals surface area contributed by atoms with Crippen LogP contribution in [-0.4, -0.2) is 46.1 Å². The fourth-order valence-electron chi connectivity index (χ4n) is 1.58. The van der Waals surface area contributed by atoms with Crippen molar-refractivity contribution >= 4 is 10.0 Å². The zero-order chi connectivity index (χ0) is 15.7. The highest BCUT2D eigenvalue weighted by atomic mass is 32.2. The number of hydrogen-bond acceptors (Lipinski definition) is 4. The fraction of sp³-hybridized carbons (Fsp3) is 0.667. The Hall–Kier alpha value is -1.03. The van der Waals surface area contributed by atoms with E-state index in [2.05, 4.69) is 19.8 Å². The third-order valence-electron chi connectivity index (χ3n) is 2.55. The predicted octanol–water partition coefficient (Wildman–Crippen LogP) is 1.07. The average Bonchev–Trinajstić information content (AvgIpc) is 2.88. The number of halogens is 2. The van der Waals surface area contributed by atoms with Gasteiger partial charge in [-0.3, -0.25) is 0 Å². The van der Waals surface area contributed by atoms with Crippen LogP contribution >= 0.6 is 0 Å². The van der Waals surface area contributed by atoms with Gasteiger partial charge in [0.15, 0.2) is 0 Å². The highest BCUT2D eigenvalue weighted by molar-refractivity contribution is 7.89. The molecule has 0 spiro atoms. The molecule has 0 aliphatic carbocycles. The summed E-state index contributed by atoms with van der Waals surface area (Å²) in [6, 6.07) is 1.53. The summed E-state index contributed by atoms with van der Waals surface area (Å²) >= 11 is 0. The van der Waals surface area contributed by atoms with Gasteiger partial charge in [0, 0.05) is 25.0 Å². The van der Waals surface area contributed by atoms with E-state index >= 15 is 0 Å². The Balaban J connectivity index is 2.39. The first-order valence-corrected chi connectivity index (χ1v) is 8.17. The lowest BCUT2D eigenvalue weighted by molar-refractivity contribution is 0.0199. The minimum absolute atomic E-state index is 0.0519. The van der Waals surface area contributed by atoms with Crippen molar-refractivity contribution in [2.24, 2.45) is 0 Å². The summed E-state index contributed by atoms with van der Waals surface area (Å²) in [5.41, 5.74) is 0.762. The van der Waals surface area contributed by atoms with Gasteiger partial charge in [0.25, 0.3) is 6.43 Å². The number of alkyl halides is 2. The summed E-state index contributed by atoms with van der Waals surface area (Å²) < 4.78 is 54.4. The molecule has 3 N–H and O–H groups in total. The summed E-state index contributed by atoms with van der Waals surface area (Å²) in [4.78, 5) is 2.99. The molecule has 21 heavy (non-hydrogen) atoms. The molecule has 1 heterocycles. The number of rotatable bonds is 11. The van der Waals surface area contributed by atoms with E-state index in [4.69, 9.17) is 0 Å². The maximum absolute atomic E-state index is 11.9. The summed E-state index contributed by atoms with van der Waals surface area (Å²) in [5.74, 6) is 0. The van der Waals surface area contributed by atoms with Crippen LogP contribution in [0, 0.1) is 0 Å². The molecule has 0 aromatic carbocycles. The van der Waals surface area contributed by atoms with E-state index in [-0.39, 0.29) is 18.0 Å². The Morgan fingerprint density at radius 2 is 2.14 bits per heavy atom. The molecule has 1 aromatic heterocycles. The third-order valence-corrected chi connectivity index (χ3v) is 3.99. The molecular formula is C12H21F2N3O3S. The molecule has 0 radical (unpaired) electrons. The zero-order valence-electron chi connectivity index (χ0n) is 11.9. The van der Waals surface area contributed by atoms with Crippen molar-refractivity contribution in [2.75, 3.05) is 26.3 Å². The molecule has 0 aliphatic rings. The monoisotopic (exact) mass is 325 g/mol. The number of aromatic amines is 1. The van der Waals surface area contributed by atoms with Crippen molar-refractivity contribution < 1.29 is 21.9 Å². The second-order valence-corrected chi connectivity index (χ2v) is 6.17. The second-order valence-electron chi connectivity index (χ2n) is 4.40. The number of aromatic nitrogens is 1. The smallest absolute Gasteiger partial charge is 0.261 e. The molecule has 0 saturated heterocycles. The number of nitrogens with one attached hydrogen (secondary N) is 3. The van der Waals surface area contributed by atoms with Crippen LogP contribution in [0.5, 0.6) is 0 Å². The van der Waals surface area contributed by atoms with Gasteiger partial charge in [0.1, 0.15) is 6.61 Å². The molecular weight excluding hydrogens is 304 g/mol. The molecule has 0 fully saturated rings. The average molecular weight is 325 g/mol. The van der Waals surface area contributed by atoms with Crippen molar-refractivity contribution in [1.82, 2.24) is 15.0 Å². The van der Waals surface area contributed by atoms with Crippen molar-refractivity contribution in [1.29, 1.82) is 0 Å². The van der Waals surface area contributed by atoms with Crippen molar-refractivity contribution in [2.45, 2.75) is 31.2 Å². The summed E-state index contributed by atoms with van der Waals surface area (Å²) in [7, 11) is -3.65. The van der Waals surface area contributed by atoms with E-state index in [9.17, 15) is 17.2 Å². The maximum Gasteiger partial charge on any atom is 0.261 e. The molecule has 0 aliphatic heterocycles. The first kappa shape index (κ1) is 18.0. The molecule has 0 unspecified atom stereocenters. The Morgan fingerprint density at radius 1 is 1.38 bits per heavy atom. The van der Waals surface area contributed by atoms with Gasteiger partial charge >= 0.3 is 0 Å². The minimum Gasteiger partial charge on any atom is -0.374 e. The first-order valence-electron chi connectivity index (χ1n) is 6.69. The summed E-state index contributed by atoms with van der Waals surface area (Å²) in [5, 5.41) is 3.15. The van der Waals surface area contributed by atoms with Crippen LogP contribution in [0.25, 0.3) is 0 Å². The standard InChI is InChI=1S/C12H21F2N3O3S/c1-2-3-15-7-10-6-11(8-16-10)21(18,19)17-4-5-20-9-12(13)14/h6,8,12,15-17H,2-5,7,9H2,1H3. The van der Waals surface area contributed by atoms with Crippen LogP contribution in [0.4, 0.5) is 8.78 Å². The number of H-pyrrole nitrogens is 1. The first-order chi connectivity index (χ1) is 9.95. The van der Waals surface area contributed by atoms with Crippen molar-refractivity contribution in [3.8, 4) is 0 Å². The van der Waals surface area contributed by atoms with Crippen LogP contribution in [0.15, 0.2) is 17.2 Å². The highest BCUT2D eigenvalue weighted by Gasteiger charge is 2.15. The van der Waals surface area contributed by atoms with Gasteiger partial charge in [-0.25, -0.2) is 21.9 Å². The Labute approximate surface area is 123 Å². The van der Waals surface area contributed by atoms with Crippen LogP contribution in [0.2, 0.25) is 0 Å². The summed E-state index contributed by atoms with van der Waals surface area (Å²) in [6.07, 6.45) is -0.165. The van der Waals surface area contributed by atoms with Gasteiger partial charge in [-0.05, 0) is 19.0 Å². The van der Waals surface area contributed by atoms with Crippen LogP contribution in [0.3, 0.4) is 0 Å². The van der Waals surface area contributed by atoms with E-state index in [1.807, 2.05) is 6.92 Å². The van der Waals surface area contributed by atoms with Crippen LogP contribution in [-0.2, 0) is 21.3 Å². The number of ether oxygens (including phenoxy) is 1. The molecule has 0 atom stereocenters. The highest BCUT2D eigenvalue weighted by Crippen LogP contribution is 2.10. The van der Waals surface area contributed by atoms with Crippen molar-refractivity contribution in [3.05, 3.63) is 18.0 Å². The molecule has 1 rings (SSSR count). The lowest BCUT2D eigenvalue weighted by Crippen LogP contribution is -2.27. The van der Waals surface area contributed by atoms with E-state index in [0.717, 1.165) is 18.7 Å². The van der Waals surface area contributed by atoms with Gasteiger partial charge in [0.2, 0.25) is 10.0 Å². The number of sulfonamides is 1. The minimum atomic E-state index is -3.65. The van der Waals surface area contributed by atoms with Crippen LogP contribution < -0.4 is 10.0 Å². The van der Waals surface area contributed by atoms with Crippen LogP contribution in [0.1, 0.15) is 19.0 Å². The normalized spacial score (nSPS) is 12.2. The van der Waals surface area contributed by atoms with Gasteiger partial charge in [-0.15, -0.1) is 0 Å². The molecule has 1 aromatic rings. The fourth-order valence-corrected chi connectivity index (χ4v) is 2.61. The van der Waals surface area contributed by atoms with Crippen molar-refractivity contribution in [3.63, 3.8) is 0 Å². The molecule has 6 nitrogen and oxygen atoms in total. The zero-order valence-corrected chi connectivity index (χ0v) is 12.7. The largest absolute Gasteiger partial charge is 0.374 e. The maximum atomic E-state index is 11.9. The second kappa shape index (κ2) is 9.08. The number of hydrogen-bond donors (Lipinski definition) is 3. The molecule has 0 bridgehead atoms. The Kier molecular flexibility index (Phi) is 7.79. The van der Waals surface area contributed by atoms with Gasteiger partial charge in [-0.1, -0.05) is 6.92 Å². The van der Waals surface area contributed by atoms with Gasteiger partial charge < -0.3 is 15.0 Å². The molecule has 122 valence electrons. The van der Waals surface area contributed by atoms with E-state index in [1.54, 1.807) is 0 Å². The lowest BCUT2D eigenvalue weighted by atomic mass is 10.4. The topological polar surface area (TPSA) is 83.2 Å². The van der Waals surface area contributed by atoms with Gasteiger partial charge in [-0.2, -0.15) is 0 Å². The molecule has 0 amide bonds. The Morgan fingerprint density at radius 3 is 2.81 bits per heavy atom. The lowest BCUT2D eigenvalue weighted by Gasteiger charge is -2.05.